The molecule has 0 saturated carbocycles. The van der Waals surface area contributed by atoms with Gasteiger partial charge in [-0.3, -0.25) is 0 Å². The number of hydrogen-bond acceptors (Lipinski definition) is 2. The van der Waals surface area contributed by atoms with Crippen molar-refractivity contribution in [2.24, 2.45) is 5.92 Å². The van der Waals surface area contributed by atoms with Crippen LogP contribution >= 0.6 is 0 Å². The summed E-state index contributed by atoms with van der Waals surface area (Å²) in [5.74, 6) is 2.43. The summed E-state index contributed by atoms with van der Waals surface area (Å²) in [4.78, 5) is 0. The molecule has 1 atom stereocenters. The quantitative estimate of drug-likeness (QED) is 0.765. The summed E-state index contributed by atoms with van der Waals surface area (Å²) >= 11 is 0. The fourth-order valence-corrected chi connectivity index (χ4v) is 2.29. The molecular weight excluding hydrogens is 246 g/mol. The number of para-hydroxylation sites is 1. The van der Waals surface area contributed by atoms with E-state index in [2.05, 4.69) is 38.2 Å². The first-order valence-electron chi connectivity index (χ1n) is 7.23. The predicted octanol–water partition coefficient (Wildman–Crippen LogP) is 5.33. The highest BCUT2D eigenvalue weighted by Gasteiger charge is 2.05. The average molecular weight is 269 g/mol. The minimum absolute atomic E-state index is 0.482. The highest BCUT2D eigenvalue weighted by molar-refractivity contribution is 5.47. The number of anilines is 1. The predicted molar refractivity (Wildman–Crippen MR) is 85.5 cm³/mol. The molecule has 0 bridgehead atoms. The number of benzene rings is 2. The van der Waals surface area contributed by atoms with Gasteiger partial charge in [-0.25, -0.2) is 0 Å². The highest BCUT2D eigenvalue weighted by Crippen LogP contribution is 2.23. The molecule has 0 aliphatic heterocycles. The van der Waals surface area contributed by atoms with Crippen LogP contribution in [0, 0.1) is 5.92 Å². The van der Waals surface area contributed by atoms with Crippen molar-refractivity contribution >= 4 is 5.69 Å². The van der Waals surface area contributed by atoms with Crippen LogP contribution in [0.15, 0.2) is 54.6 Å². The first-order chi connectivity index (χ1) is 9.63. The molecule has 0 amide bonds. The summed E-state index contributed by atoms with van der Waals surface area (Å²) in [5, 5.41) is 3.51. The molecule has 1 unspecified atom stereocenters. The summed E-state index contributed by atoms with van der Waals surface area (Å²) in [7, 11) is 0. The van der Waals surface area contributed by atoms with E-state index in [-0.39, 0.29) is 0 Å². The molecule has 2 rings (SSSR count). The number of nitrogens with one attached hydrogen (secondary N) is 1. The van der Waals surface area contributed by atoms with E-state index < -0.39 is 0 Å². The van der Waals surface area contributed by atoms with Crippen LogP contribution in [0.3, 0.4) is 0 Å². The summed E-state index contributed by atoms with van der Waals surface area (Å²) in [5.41, 5.74) is 1.14. The molecule has 0 saturated heterocycles. The van der Waals surface area contributed by atoms with Gasteiger partial charge in [0.05, 0.1) is 0 Å². The van der Waals surface area contributed by atoms with E-state index in [0.29, 0.717) is 12.0 Å². The van der Waals surface area contributed by atoms with Crippen molar-refractivity contribution in [1.29, 1.82) is 0 Å². The normalized spacial score (nSPS) is 12.2. The van der Waals surface area contributed by atoms with Crippen molar-refractivity contribution in [2.75, 3.05) is 5.32 Å². The van der Waals surface area contributed by atoms with E-state index in [9.17, 15) is 0 Å². The van der Waals surface area contributed by atoms with Gasteiger partial charge in [0, 0.05) is 11.7 Å². The largest absolute Gasteiger partial charge is 0.457 e. The maximum absolute atomic E-state index is 5.78. The Morgan fingerprint density at radius 2 is 1.45 bits per heavy atom. The standard InChI is InChI=1S/C18H23NO/c1-14(2)13-15(3)19-16-9-11-18(12-10-16)20-17-7-5-4-6-8-17/h4-12,14-15,19H,13H2,1-3H3. The Kier molecular flexibility index (Phi) is 5.05. The molecule has 2 nitrogen and oxygen atoms in total. The van der Waals surface area contributed by atoms with Crippen molar-refractivity contribution in [3.05, 3.63) is 54.6 Å². The third-order valence-electron chi connectivity index (χ3n) is 3.07. The Labute approximate surface area is 121 Å². The Bertz CT molecular complexity index is 505. The van der Waals surface area contributed by atoms with E-state index in [1.54, 1.807) is 0 Å². The zero-order chi connectivity index (χ0) is 14.4. The van der Waals surface area contributed by atoms with Gasteiger partial charge in [-0.05, 0) is 55.7 Å². The fourth-order valence-electron chi connectivity index (χ4n) is 2.29. The van der Waals surface area contributed by atoms with Crippen molar-refractivity contribution in [2.45, 2.75) is 33.2 Å². The molecule has 0 radical (unpaired) electrons. The Morgan fingerprint density at radius 3 is 2.05 bits per heavy atom. The molecule has 0 aliphatic rings. The van der Waals surface area contributed by atoms with Gasteiger partial charge in [-0.15, -0.1) is 0 Å². The number of rotatable bonds is 6. The van der Waals surface area contributed by atoms with Gasteiger partial charge >= 0.3 is 0 Å². The maximum Gasteiger partial charge on any atom is 0.127 e. The maximum atomic E-state index is 5.78. The van der Waals surface area contributed by atoms with Gasteiger partial charge in [0.15, 0.2) is 0 Å². The van der Waals surface area contributed by atoms with Crippen molar-refractivity contribution in [3.63, 3.8) is 0 Å². The second-order valence-electron chi connectivity index (χ2n) is 5.61. The first kappa shape index (κ1) is 14.4. The summed E-state index contributed by atoms with van der Waals surface area (Å²) in [6.45, 7) is 6.71. The lowest BCUT2D eigenvalue weighted by Gasteiger charge is -2.17. The fraction of sp³-hybridized carbons (Fsp3) is 0.333. The average Bonchev–Trinajstić information content (AvgIpc) is 2.41. The third-order valence-corrected chi connectivity index (χ3v) is 3.07. The molecular formula is C18H23NO. The summed E-state index contributed by atoms with van der Waals surface area (Å²) in [6, 6.07) is 18.4. The molecule has 0 aliphatic carbocycles. The number of hydrogen-bond donors (Lipinski definition) is 1. The van der Waals surface area contributed by atoms with Gasteiger partial charge in [0.1, 0.15) is 11.5 Å². The van der Waals surface area contributed by atoms with E-state index >= 15 is 0 Å². The smallest absolute Gasteiger partial charge is 0.127 e. The van der Waals surface area contributed by atoms with Gasteiger partial charge in [0.2, 0.25) is 0 Å². The summed E-state index contributed by atoms with van der Waals surface area (Å²) < 4.78 is 5.78. The molecule has 0 heterocycles. The van der Waals surface area contributed by atoms with Crippen molar-refractivity contribution < 1.29 is 4.74 Å². The minimum atomic E-state index is 0.482. The van der Waals surface area contributed by atoms with E-state index in [0.717, 1.165) is 17.2 Å². The van der Waals surface area contributed by atoms with Crippen molar-refractivity contribution in [1.82, 2.24) is 0 Å². The topological polar surface area (TPSA) is 21.3 Å². The van der Waals surface area contributed by atoms with Crippen LogP contribution in [0.1, 0.15) is 27.2 Å². The van der Waals surface area contributed by atoms with E-state index in [1.807, 2.05) is 42.5 Å². The van der Waals surface area contributed by atoms with Crippen LogP contribution in [0.4, 0.5) is 5.69 Å². The minimum Gasteiger partial charge on any atom is -0.457 e. The SMILES string of the molecule is CC(C)CC(C)Nc1ccc(Oc2ccccc2)cc1. The molecule has 2 aromatic carbocycles. The Morgan fingerprint density at radius 1 is 0.850 bits per heavy atom. The molecule has 2 heteroatoms. The van der Waals surface area contributed by atoms with Crippen LogP contribution in [-0.4, -0.2) is 6.04 Å². The van der Waals surface area contributed by atoms with Gasteiger partial charge in [0.25, 0.3) is 0 Å². The van der Waals surface area contributed by atoms with Crippen LogP contribution in [0.5, 0.6) is 11.5 Å². The zero-order valence-corrected chi connectivity index (χ0v) is 12.5. The van der Waals surface area contributed by atoms with Crippen LogP contribution in [0.25, 0.3) is 0 Å². The Balaban J connectivity index is 1.93. The lowest BCUT2D eigenvalue weighted by molar-refractivity contribution is 0.482. The molecule has 0 spiro atoms. The van der Waals surface area contributed by atoms with Crippen LogP contribution in [-0.2, 0) is 0 Å². The molecule has 0 aromatic heterocycles. The lowest BCUT2D eigenvalue weighted by atomic mass is 10.1. The molecule has 20 heavy (non-hydrogen) atoms. The first-order valence-corrected chi connectivity index (χ1v) is 7.23. The van der Waals surface area contributed by atoms with Gasteiger partial charge in [-0.2, -0.15) is 0 Å². The molecule has 0 fully saturated rings. The van der Waals surface area contributed by atoms with E-state index in [4.69, 9.17) is 4.74 Å². The second kappa shape index (κ2) is 6.99. The van der Waals surface area contributed by atoms with Crippen molar-refractivity contribution in [3.8, 4) is 11.5 Å². The molecule has 2 aromatic rings. The van der Waals surface area contributed by atoms with E-state index in [1.165, 1.54) is 6.42 Å². The Hall–Kier alpha value is -1.96. The second-order valence-corrected chi connectivity index (χ2v) is 5.61. The van der Waals surface area contributed by atoms with Crippen LogP contribution < -0.4 is 10.1 Å². The highest BCUT2D eigenvalue weighted by atomic mass is 16.5. The van der Waals surface area contributed by atoms with Gasteiger partial charge < -0.3 is 10.1 Å². The molecule has 106 valence electrons. The summed E-state index contributed by atoms with van der Waals surface area (Å²) in [6.07, 6.45) is 1.17. The monoisotopic (exact) mass is 269 g/mol. The molecule has 1 N–H and O–H groups in total. The number of ether oxygens (including phenoxy) is 1. The third kappa shape index (κ3) is 4.61. The lowest BCUT2D eigenvalue weighted by Crippen LogP contribution is -2.17. The van der Waals surface area contributed by atoms with Crippen LogP contribution in [0.2, 0.25) is 0 Å². The van der Waals surface area contributed by atoms with Gasteiger partial charge in [-0.1, -0.05) is 32.0 Å². The zero-order valence-electron chi connectivity index (χ0n) is 12.5.